The van der Waals surface area contributed by atoms with Crippen molar-refractivity contribution in [3.05, 3.63) is 17.0 Å². The molecule has 2 atom stereocenters. The van der Waals surface area contributed by atoms with Crippen LogP contribution in [0.25, 0.3) is 0 Å². The van der Waals surface area contributed by atoms with E-state index in [0.717, 1.165) is 30.5 Å². The monoisotopic (exact) mass is 275 g/mol. The molecular weight excluding hydrogens is 254 g/mol. The minimum absolute atomic E-state index is 0.00630. The molecule has 0 bridgehead atoms. The Balaban J connectivity index is 1.58. The van der Waals surface area contributed by atoms with Crippen molar-refractivity contribution in [3.8, 4) is 0 Å². The first-order valence-corrected chi connectivity index (χ1v) is 7.64. The second-order valence-corrected chi connectivity index (χ2v) is 6.64. The molecule has 1 aromatic heterocycles. The number of aromatic amines is 1. The fourth-order valence-corrected chi connectivity index (χ4v) is 3.55. The Bertz CT molecular complexity index is 557. The highest BCUT2D eigenvalue weighted by atomic mass is 16.5. The summed E-state index contributed by atoms with van der Waals surface area (Å²) >= 11 is 0. The fraction of sp³-hybridized carbons (Fsp3) is 0.733. The number of aromatic nitrogens is 2. The van der Waals surface area contributed by atoms with Crippen LogP contribution < -0.4 is 5.32 Å². The van der Waals surface area contributed by atoms with Crippen LogP contribution in [0.15, 0.2) is 0 Å². The normalized spacial score (nSPS) is 30.7. The summed E-state index contributed by atoms with van der Waals surface area (Å²) in [5.74, 6) is 0.704. The summed E-state index contributed by atoms with van der Waals surface area (Å²) in [6.45, 7) is 4.04. The van der Waals surface area contributed by atoms with Crippen molar-refractivity contribution in [1.29, 1.82) is 0 Å². The maximum Gasteiger partial charge on any atom is 0.272 e. The standard InChI is InChI=1S/C15H21N3O2/c1-8-7-11-12(9(2)20-8)17-18-13(11)14(19)16-15(5-6-15)10-3-4-10/h8-10H,3-7H2,1-2H3,(H,16,19)(H,17,18)/t8-,9+/m1/s1. The highest BCUT2D eigenvalue weighted by molar-refractivity contribution is 5.95. The lowest BCUT2D eigenvalue weighted by Gasteiger charge is -2.25. The Labute approximate surface area is 118 Å². The van der Waals surface area contributed by atoms with Crippen LogP contribution in [-0.4, -0.2) is 27.7 Å². The molecule has 0 unspecified atom stereocenters. The van der Waals surface area contributed by atoms with Crippen LogP contribution in [0.4, 0.5) is 0 Å². The van der Waals surface area contributed by atoms with Gasteiger partial charge >= 0.3 is 0 Å². The molecule has 0 radical (unpaired) electrons. The zero-order valence-electron chi connectivity index (χ0n) is 12.0. The molecule has 0 aromatic carbocycles. The second-order valence-electron chi connectivity index (χ2n) is 6.64. The largest absolute Gasteiger partial charge is 0.369 e. The molecule has 5 nitrogen and oxygen atoms in total. The number of fused-ring (bicyclic) bond motifs is 1. The van der Waals surface area contributed by atoms with E-state index in [4.69, 9.17) is 4.74 Å². The smallest absolute Gasteiger partial charge is 0.272 e. The van der Waals surface area contributed by atoms with Crippen molar-refractivity contribution in [2.24, 2.45) is 5.92 Å². The molecule has 5 heteroatoms. The molecule has 1 amide bonds. The molecule has 20 heavy (non-hydrogen) atoms. The van der Waals surface area contributed by atoms with Gasteiger partial charge < -0.3 is 10.1 Å². The maximum atomic E-state index is 12.5. The number of rotatable bonds is 3. The van der Waals surface area contributed by atoms with Gasteiger partial charge in [0.25, 0.3) is 5.91 Å². The first-order valence-electron chi connectivity index (χ1n) is 7.64. The van der Waals surface area contributed by atoms with E-state index in [1.165, 1.54) is 12.8 Å². The molecule has 3 aliphatic rings. The van der Waals surface area contributed by atoms with Crippen molar-refractivity contribution >= 4 is 5.91 Å². The zero-order chi connectivity index (χ0) is 13.9. The third-order valence-electron chi connectivity index (χ3n) is 4.96. The molecule has 108 valence electrons. The number of carbonyl (C=O) groups excluding carboxylic acids is 1. The van der Waals surface area contributed by atoms with E-state index in [1.807, 2.05) is 13.8 Å². The number of nitrogens with zero attached hydrogens (tertiary/aromatic N) is 1. The Kier molecular flexibility index (Phi) is 2.52. The van der Waals surface area contributed by atoms with Crippen molar-refractivity contribution in [2.75, 3.05) is 0 Å². The molecule has 1 aromatic rings. The fourth-order valence-electron chi connectivity index (χ4n) is 3.55. The molecule has 2 N–H and O–H groups in total. The number of amides is 1. The van der Waals surface area contributed by atoms with Gasteiger partial charge in [-0.15, -0.1) is 0 Å². The van der Waals surface area contributed by atoms with E-state index in [-0.39, 0.29) is 23.7 Å². The number of H-pyrrole nitrogens is 1. The highest BCUT2D eigenvalue weighted by Crippen LogP contribution is 2.53. The molecule has 2 fully saturated rings. The van der Waals surface area contributed by atoms with Crippen LogP contribution in [0.2, 0.25) is 0 Å². The molecule has 2 saturated carbocycles. The molecule has 0 saturated heterocycles. The van der Waals surface area contributed by atoms with Gasteiger partial charge in [-0.1, -0.05) is 0 Å². The van der Waals surface area contributed by atoms with Crippen LogP contribution in [0, 0.1) is 5.92 Å². The lowest BCUT2D eigenvalue weighted by Crippen LogP contribution is -2.39. The summed E-state index contributed by atoms with van der Waals surface area (Å²) in [5.41, 5.74) is 2.68. The van der Waals surface area contributed by atoms with Gasteiger partial charge in [0, 0.05) is 17.5 Å². The first-order chi connectivity index (χ1) is 9.59. The third-order valence-corrected chi connectivity index (χ3v) is 4.96. The van der Waals surface area contributed by atoms with Crippen molar-refractivity contribution in [2.45, 2.75) is 63.7 Å². The third kappa shape index (κ3) is 1.87. The summed E-state index contributed by atoms with van der Waals surface area (Å²) in [5, 5.41) is 10.5. The number of carbonyl (C=O) groups is 1. The Morgan fingerprint density at radius 2 is 2.15 bits per heavy atom. The van der Waals surface area contributed by atoms with Gasteiger partial charge in [-0.25, -0.2) is 0 Å². The molecule has 0 spiro atoms. The number of hydrogen-bond donors (Lipinski definition) is 2. The van der Waals surface area contributed by atoms with Crippen molar-refractivity contribution < 1.29 is 9.53 Å². The van der Waals surface area contributed by atoms with Crippen LogP contribution in [0.3, 0.4) is 0 Å². The Morgan fingerprint density at radius 3 is 2.80 bits per heavy atom. The van der Waals surface area contributed by atoms with Crippen LogP contribution in [0.1, 0.15) is 67.4 Å². The van der Waals surface area contributed by atoms with E-state index >= 15 is 0 Å². The molecule has 4 rings (SSSR count). The van der Waals surface area contributed by atoms with Gasteiger partial charge in [-0.05, 0) is 45.4 Å². The maximum absolute atomic E-state index is 12.5. The lowest BCUT2D eigenvalue weighted by molar-refractivity contribution is -0.00697. The number of ether oxygens (including phenoxy) is 1. The van der Waals surface area contributed by atoms with Crippen molar-refractivity contribution in [3.63, 3.8) is 0 Å². The molecule has 2 heterocycles. The summed E-state index contributed by atoms with van der Waals surface area (Å²) < 4.78 is 5.76. The average Bonchev–Trinajstić information content (AvgIpc) is 3.27. The van der Waals surface area contributed by atoms with Crippen molar-refractivity contribution in [1.82, 2.24) is 15.5 Å². The van der Waals surface area contributed by atoms with E-state index in [0.29, 0.717) is 11.6 Å². The van der Waals surface area contributed by atoms with Crippen LogP contribution in [-0.2, 0) is 11.2 Å². The highest BCUT2D eigenvalue weighted by Gasteiger charge is 2.55. The molecule has 1 aliphatic heterocycles. The SMILES string of the molecule is C[C@@H]1Cc2c(C(=O)NC3(C4CC4)CC3)n[nH]c2[C@H](C)O1. The van der Waals surface area contributed by atoms with E-state index in [9.17, 15) is 4.79 Å². The predicted octanol–water partition coefficient (Wildman–Crippen LogP) is 2.10. The molecular formula is C15H21N3O2. The van der Waals surface area contributed by atoms with Gasteiger partial charge in [-0.3, -0.25) is 9.89 Å². The minimum Gasteiger partial charge on any atom is -0.369 e. The quantitative estimate of drug-likeness (QED) is 0.887. The average molecular weight is 275 g/mol. The van der Waals surface area contributed by atoms with Gasteiger partial charge in [0.2, 0.25) is 0 Å². The van der Waals surface area contributed by atoms with E-state index in [2.05, 4.69) is 15.5 Å². The predicted molar refractivity (Wildman–Crippen MR) is 73.4 cm³/mol. The Morgan fingerprint density at radius 1 is 1.40 bits per heavy atom. The topological polar surface area (TPSA) is 67.0 Å². The lowest BCUT2D eigenvalue weighted by atomic mass is 9.99. The first kappa shape index (κ1) is 12.4. The Hall–Kier alpha value is -1.36. The number of hydrogen-bond acceptors (Lipinski definition) is 3. The van der Waals surface area contributed by atoms with Crippen LogP contribution >= 0.6 is 0 Å². The zero-order valence-corrected chi connectivity index (χ0v) is 12.0. The minimum atomic E-state index is -0.0129. The van der Waals surface area contributed by atoms with Gasteiger partial charge in [0.1, 0.15) is 0 Å². The summed E-state index contributed by atoms with van der Waals surface area (Å²) in [4.78, 5) is 12.5. The van der Waals surface area contributed by atoms with E-state index in [1.54, 1.807) is 0 Å². The second kappa shape index (κ2) is 4.07. The van der Waals surface area contributed by atoms with Gasteiger partial charge in [0.15, 0.2) is 5.69 Å². The molecule has 2 aliphatic carbocycles. The van der Waals surface area contributed by atoms with Gasteiger partial charge in [0.05, 0.1) is 17.9 Å². The summed E-state index contributed by atoms with van der Waals surface area (Å²) in [6, 6.07) is 0. The van der Waals surface area contributed by atoms with Gasteiger partial charge in [-0.2, -0.15) is 5.10 Å². The summed E-state index contributed by atoms with van der Waals surface area (Å²) in [7, 11) is 0. The van der Waals surface area contributed by atoms with Crippen LogP contribution in [0.5, 0.6) is 0 Å². The number of nitrogens with one attached hydrogen (secondary N) is 2. The summed E-state index contributed by atoms with van der Waals surface area (Å²) in [6.07, 6.45) is 5.68. The van der Waals surface area contributed by atoms with E-state index < -0.39 is 0 Å².